The van der Waals surface area contributed by atoms with Crippen molar-refractivity contribution in [3.05, 3.63) is 52.8 Å². The van der Waals surface area contributed by atoms with E-state index in [0.717, 1.165) is 22.6 Å². The lowest BCUT2D eigenvalue weighted by atomic mass is 10.2. The Morgan fingerprint density at radius 3 is 2.68 bits per heavy atom. The van der Waals surface area contributed by atoms with E-state index in [1.807, 2.05) is 55.7 Å². The van der Waals surface area contributed by atoms with Gasteiger partial charge in [0.2, 0.25) is 0 Å². The first kappa shape index (κ1) is 18.3. The fraction of sp³-hybridized carbons (Fsp3) is 0.316. The summed E-state index contributed by atoms with van der Waals surface area (Å²) < 4.78 is 7.06. The van der Waals surface area contributed by atoms with Crippen molar-refractivity contribution in [2.45, 2.75) is 27.2 Å². The van der Waals surface area contributed by atoms with Gasteiger partial charge >= 0.3 is 5.97 Å². The number of aryl methyl sites for hydroxylation is 2. The molecule has 0 aliphatic carbocycles. The number of amides is 1. The molecule has 2 rings (SSSR count). The molecule has 0 atom stereocenters. The van der Waals surface area contributed by atoms with Crippen molar-refractivity contribution in [2.75, 3.05) is 13.2 Å². The van der Waals surface area contributed by atoms with Gasteiger partial charge in [0.1, 0.15) is 0 Å². The summed E-state index contributed by atoms with van der Waals surface area (Å²) in [7, 11) is 0. The maximum absolute atomic E-state index is 12.3. The third kappa shape index (κ3) is 4.48. The number of benzene rings is 1. The van der Waals surface area contributed by atoms with Gasteiger partial charge in [0, 0.05) is 23.6 Å². The van der Waals surface area contributed by atoms with Crippen molar-refractivity contribution in [1.82, 2.24) is 9.88 Å². The maximum Gasteiger partial charge on any atom is 0.340 e. The highest BCUT2D eigenvalue weighted by Crippen LogP contribution is 2.22. The Morgan fingerprint density at radius 2 is 2.00 bits per heavy atom. The molecule has 0 aliphatic heterocycles. The Morgan fingerprint density at radius 1 is 1.24 bits per heavy atom. The lowest BCUT2D eigenvalue weighted by molar-refractivity contribution is -0.124. The van der Waals surface area contributed by atoms with Crippen molar-refractivity contribution in [2.24, 2.45) is 0 Å². The minimum absolute atomic E-state index is 0.220. The first-order valence-electron chi connectivity index (χ1n) is 8.00. The van der Waals surface area contributed by atoms with E-state index >= 15 is 0 Å². The van der Waals surface area contributed by atoms with E-state index in [4.69, 9.17) is 10.00 Å². The minimum Gasteiger partial charge on any atom is -0.452 e. The van der Waals surface area contributed by atoms with Crippen molar-refractivity contribution in [3.8, 4) is 11.8 Å². The molecule has 6 heteroatoms. The van der Waals surface area contributed by atoms with Gasteiger partial charge in [-0.25, -0.2) is 4.79 Å². The number of hydrogen-bond acceptors (Lipinski definition) is 4. The first-order chi connectivity index (χ1) is 11.9. The molecule has 0 saturated heterocycles. The summed E-state index contributed by atoms with van der Waals surface area (Å²) in [6, 6.07) is 11.7. The zero-order valence-electron chi connectivity index (χ0n) is 14.6. The van der Waals surface area contributed by atoms with Crippen LogP contribution in [0.15, 0.2) is 30.3 Å². The van der Waals surface area contributed by atoms with Gasteiger partial charge in [-0.2, -0.15) is 5.26 Å². The third-order valence-corrected chi connectivity index (χ3v) is 3.80. The van der Waals surface area contributed by atoms with E-state index < -0.39 is 11.9 Å². The Balaban J connectivity index is 2.10. The number of ether oxygens (including phenoxy) is 1. The van der Waals surface area contributed by atoms with Gasteiger partial charge in [-0.15, -0.1) is 0 Å². The quantitative estimate of drug-likeness (QED) is 0.647. The second kappa shape index (κ2) is 8.15. The minimum atomic E-state index is -0.539. The molecule has 0 bridgehead atoms. The summed E-state index contributed by atoms with van der Waals surface area (Å²) in [5.41, 5.74) is 4.21. The number of carbonyl (C=O) groups is 2. The standard InChI is InChI=1S/C19H21N3O3/c1-13-6-4-7-16(10-13)22-14(2)11-17(15(22)3)19(24)25-12-18(23)21-9-5-8-20/h4,6-7,10-11H,5,9,12H2,1-3H3,(H,21,23). The second-order valence-corrected chi connectivity index (χ2v) is 5.79. The smallest absolute Gasteiger partial charge is 0.340 e. The molecule has 1 aromatic carbocycles. The molecular formula is C19H21N3O3. The Bertz CT molecular complexity index is 831. The van der Waals surface area contributed by atoms with Gasteiger partial charge in [-0.3, -0.25) is 4.79 Å². The van der Waals surface area contributed by atoms with Gasteiger partial charge in [0.25, 0.3) is 5.91 Å². The van der Waals surface area contributed by atoms with Crippen LogP contribution in [0.25, 0.3) is 5.69 Å². The average Bonchev–Trinajstić information content (AvgIpc) is 2.87. The van der Waals surface area contributed by atoms with Crippen LogP contribution in [-0.4, -0.2) is 29.6 Å². The molecule has 2 aromatic rings. The molecule has 0 fully saturated rings. The molecule has 0 spiro atoms. The van der Waals surface area contributed by atoms with Crippen LogP contribution >= 0.6 is 0 Å². The molecule has 0 radical (unpaired) electrons. The number of esters is 1. The van der Waals surface area contributed by atoms with Crippen molar-refractivity contribution < 1.29 is 14.3 Å². The molecular weight excluding hydrogens is 318 g/mol. The summed E-state index contributed by atoms with van der Waals surface area (Å²) in [6.45, 7) is 5.66. The summed E-state index contributed by atoms with van der Waals surface area (Å²) >= 11 is 0. The number of nitrogens with one attached hydrogen (secondary N) is 1. The van der Waals surface area contributed by atoms with Crippen LogP contribution < -0.4 is 5.32 Å². The average molecular weight is 339 g/mol. The van der Waals surface area contributed by atoms with Crippen molar-refractivity contribution in [1.29, 1.82) is 5.26 Å². The SMILES string of the molecule is Cc1cccc(-n2c(C)cc(C(=O)OCC(=O)NCCC#N)c2C)c1. The van der Waals surface area contributed by atoms with Crippen LogP contribution in [0.3, 0.4) is 0 Å². The summed E-state index contributed by atoms with van der Waals surface area (Å²) in [6.07, 6.45) is 0.220. The second-order valence-electron chi connectivity index (χ2n) is 5.79. The van der Waals surface area contributed by atoms with Gasteiger partial charge in [0.15, 0.2) is 6.61 Å². The Labute approximate surface area is 147 Å². The predicted molar refractivity (Wildman–Crippen MR) is 93.5 cm³/mol. The normalized spacial score (nSPS) is 10.2. The molecule has 1 aromatic heterocycles. The van der Waals surface area contributed by atoms with E-state index in [1.165, 1.54) is 0 Å². The molecule has 0 unspecified atom stereocenters. The van der Waals surface area contributed by atoms with Gasteiger partial charge in [0.05, 0.1) is 18.1 Å². The van der Waals surface area contributed by atoms with E-state index in [-0.39, 0.29) is 19.6 Å². The van der Waals surface area contributed by atoms with E-state index in [1.54, 1.807) is 6.07 Å². The first-order valence-corrected chi connectivity index (χ1v) is 8.00. The fourth-order valence-corrected chi connectivity index (χ4v) is 2.65. The zero-order chi connectivity index (χ0) is 18.4. The highest BCUT2D eigenvalue weighted by molar-refractivity contribution is 5.93. The summed E-state index contributed by atoms with van der Waals surface area (Å²) in [5, 5.41) is 10.9. The molecule has 130 valence electrons. The van der Waals surface area contributed by atoms with Crippen molar-refractivity contribution >= 4 is 11.9 Å². The molecule has 1 N–H and O–H groups in total. The highest BCUT2D eigenvalue weighted by atomic mass is 16.5. The number of rotatable bonds is 6. The van der Waals surface area contributed by atoms with E-state index in [2.05, 4.69) is 5.32 Å². The number of aromatic nitrogens is 1. The van der Waals surface area contributed by atoms with Crippen LogP contribution in [0.2, 0.25) is 0 Å². The van der Waals surface area contributed by atoms with Crippen molar-refractivity contribution in [3.63, 3.8) is 0 Å². The molecule has 0 saturated carbocycles. The molecule has 25 heavy (non-hydrogen) atoms. The monoisotopic (exact) mass is 339 g/mol. The molecule has 6 nitrogen and oxygen atoms in total. The summed E-state index contributed by atoms with van der Waals surface area (Å²) in [4.78, 5) is 23.9. The van der Waals surface area contributed by atoms with E-state index in [0.29, 0.717) is 5.56 Å². The Kier molecular flexibility index (Phi) is 5.96. The largest absolute Gasteiger partial charge is 0.452 e. The third-order valence-electron chi connectivity index (χ3n) is 3.80. The van der Waals surface area contributed by atoms with Crippen LogP contribution in [0, 0.1) is 32.1 Å². The van der Waals surface area contributed by atoms with Crippen LogP contribution in [0.1, 0.15) is 33.7 Å². The topological polar surface area (TPSA) is 84.1 Å². The Hall–Kier alpha value is -3.07. The molecule has 1 heterocycles. The lowest BCUT2D eigenvalue weighted by Gasteiger charge is -2.10. The summed E-state index contributed by atoms with van der Waals surface area (Å²) in [5.74, 6) is -0.960. The highest BCUT2D eigenvalue weighted by Gasteiger charge is 2.18. The lowest BCUT2D eigenvalue weighted by Crippen LogP contribution is -2.29. The number of nitrogens with zero attached hydrogens (tertiary/aromatic N) is 2. The van der Waals surface area contributed by atoms with Gasteiger partial charge < -0.3 is 14.6 Å². The molecule has 0 aliphatic rings. The van der Waals surface area contributed by atoms with E-state index in [9.17, 15) is 9.59 Å². The molecule has 1 amide bonds. The van der Waals surface area contributed by atoms with Gasteiger partial charge in [-0.05, 0) is 44.5 Å². The van der Waals surface area contributed by atoms with Gasteiger partial charge in [-0.1, -0.05) is 12.1 Å². The maximum atomic E-state index is 12.3. The fourth-order valence-electron chi connectivity index (χ4n) is 2.65. The van der Waals surface area contributed by atoms with Crippen LogP contribution in [-0.2, 0) is 9.53 Å². The number of hydrogen-bond donors (Lipinski definition) is 1. The predicted octanol–water partition coefficient (Wildman–Crippen LogP) is 2.59. The number of nitriles is 1. The number of carbonyl (C=O) groups excluding carboxylic acids is 2. The van der Waals surface area contributed by atoms with Crippen LogP contribution in [0.5, 0.6) is 0 Å². The zero-order valence-corrected chi connectivity index (χ0v) is 14.6. The van der Waals surface area contributed by atoms with Crippen LogP contribution in [0.4, 0.5) is 0 Å².